The molecule has 2 aromatic heterocycles. The minimum atomic E-state index is -0.281. The number of carbonyl (C=O) groups excluding carboxylic acids is 1. The van der Waals surface area contributed by atoms with Crippen LogP contribution in [0.3, 0.4) is 0 Å². The lowest BCUT2D eigenvalue weighted by Gasteiger charge is -2.11. The maximum atomic E-state index is 12.3. The van der Waals surface area contributed by atoms with Crippen LogP contribution in [0.25, 0.3) is 0 Å². The van der Waals surface area contributed by atoms with E-state index in [9.17, 15) is 4.79 Å². The largest absolute Gasteiger partial charge is 0.385 e. The molecule has 0 saturated heterocycles. The number of anilines is 1. The SMILES string of the molecule is CNc1cnc(C(C)C)nc1C(=O)NCc1ncn(C)n1. The molecule has 0 aliphatic rings. The van der Waals surface area contributed by atoms with E-state index in [1.54, 1.807) is 31.3 Å². The maximum Gasteiger partial charge on any atom is 0.272 e. The summed E-state index contributed by atoms with van der Waals surface area (Å²) in [6, 6.07) is 0. The third kappa shape index (κ3) is 3.53. The summed E-state index contributed by atoms with van der Waals surface area (Å²) in [4.78, 5) is 24.9. The van der Waals surface area contributed by atoms with Crippen LogP contribution < -0.4 is 10.6 Å². The highest BCUT2D eigenvalue weighted by Gasteiger charge is 2.16. The Morgan fingerprint density at radius 3 is 2.71 bits per heavy atom. The van der Waals surface area contributed by atoms with E-state index >= 15 is 0 Å². The molecule has 2 heterocycles. The Morgan fingerprint density at radius 1 is 1.38 bits per heavy atom. The zero-order valence-electron chi connectivity index (χ0n) is 12.6. The van der Waals surface area contributed by atoms with Gasteiger partial charge in [0, 0.05) is 20.0 Å². The zero-order chi connectivity index (χ0) is 15.4. The number of nitrogens with one attached hydrogen (secondary N) is 2. The van der Waals surface area contributed by atoms with Crippen molar-refractivity contribution in [2.75, 3.05) is 12.4 Å². The van der Waals surface area contributed by atoms with Gasteiger partial charge < -0.3 is 10.6 Å². The molecule has 0 unspecified atom stereocenters. The second kappa shape index (κ2) is 6.29. The summed E-state index contributed by atoms with van der Waals surface area (Å²) in [6.07, 6.45) is 3.21. The van der Waals surface area contributed by atoms with Gasteiger partial charge in [-0.2, -0.15) is 5.10 Å². The van der Waals surface area contributed by atoms with Gasteiger partial charge in [-0.25, -0.2) is 15.0 Å². The first kappa shape index (κ1) is 14.9. The molecule has 0 fully saturated rings. The Bertz CT molecular complexity index is 635. The fraction of sp³-hybridized carbons (Fsp3) is 0.462. The first-order valence-corrected chi connectivity index (χ1v) is 6.68. The van der Waals surface area contributed by atoms with Crippen molar-refractivity contribution in [3.63, 3.8) is 0 Å². The zero-order valence-corrected chi connectivity index (χ0v) is 12.6. The Hall–Kier alpha value is -2.51. The molecule has 0 aliphatic carbocycles. The third-order valence-electron chi connectivity index (χ3n) is 2.86. The summed E-state index contributed by atoms with van der Waals surface area (Å²) in [5.41, 5.74) is 0.915. The van der Waals surface area contributed by atoms with Crippen molar-refractivity contribution in [2.45, 2.75) is 26.3 Å². The Labute approximate surface area is 123 Å². The van der Waals surface area contributed by atoms with Crippen LogP contribution >= 0.6 is 0 Å². The van der Waals surface area contributed by atoms with Gasteiger partial charge in [-0.1, -0.05) is 13.8 Å². The Balaban J connectivity index is 2.15. The van der Waals surface area contributed by atoms with Gasteiger partial charge in [0.05, 0.1) is 18.4 Å². The lowest BCUT2D eigenvalue weighted by molar-refractivity contribution is 0.0945. The first-order valence-electron chi connectivity index (χ1n) is 6.68. The standard InChI is InChI=1S/C13H19N7O/c1-8(2)12-15-5-9(14-3)11(18-12)13(21)16-6-10-17-7-20(4)19-10/h5,7-8,14H,6H2,1-4H3,(H,16,21). The molecule has 0 radical (unpaired) electrons. The quantitative estimate of drug-likeness (QED) is 0.841. The normalized spacial score (nSPS) is 10.7. The molecule has 0 saturated carbocycles. The summed E-state index contributed by atoms with van der Waals surface area (Å²) in [5.74, 6) is 1.06. The summed E-state index contributed by atoms with van der Waals surface area (Å²) < 4.78 is 1.59. The summed E-state index contributed by atoms with van der Waals surface area (Å²) in [7, 11) is 3.50. The van der Waals surface area contributed by atoms with E-state index in [0.717, 1.165) is 0 Å². The second-order valence-electron chi connectivity index (χ2n) is 4.91. The molecule has 2 aromatic rings. The van der Waals surface area contributed by atoms with Crippen molar-refractivity contribution in [1.29, 1.82) is 0 Å². The van der Waals surface area contributed by atoms with Gasteiger partial charge >= 0.3 is 0 Å². The number of aryl methyl sites for hydroxylation is 1. The van der Waals surface area contributed by atoms with Gasteiger partial charge in [0.15, 0.2) is 11.5 Å². The van der Waals surface area contributed by atoms with Crippen molar-refractivity contribution in [3.8, 4) is 0 Å². The van der Waals surface area contributed by atoms with Crippen LogP contribution in [0.1, 0.15) is 41.9 Å². The number of nitrogens with zero attached hydrogens (tertiary/aromatic N) is 5. The predicted molar refractivity (Wildman–Crippen MR) is 77.8 cm³/mol. The van der Waals surface area contributed by atoms with E-state index in [4.69, 9.17) is 0 Å². The molecule has 8 nitrogen and oxygen atoms in total. The molecule has 21 heavy (non-hydrogen) atoms. The van der Waals surface area contributed by atoms with E-state index in [1.165, 1.54) is 0 Å². The van der Waals surface area contributed by atoms with Crippen LogP contribution in [0.4, 0.5) is 5.69 Å². The number of aromatic nitrogens is 5. The summed E-state index contributed by atoms with van der Waals surface area (Å²) >= 11 is 0. The van der Waals surface area contributed by atoms with Gasteiger partial charge in [-0.05, 0) is 0 Å². The van der Waals surface area contributed by atoms with Crippen molar-refractivity contribution < 1.29 is 4.79 Å². The minimum Gasteiger partial charge on any atom is -0.385 e. The lowest BCUT2D eigenvalue weighted by Crippen LogP contribution is -2.26. The van der Waals surface area contributed by atoms with E-state index in [2.05, 4.69) is 30.7 Å². The van der Waals surface area contributed by atoms with Gasteiger partial charge in [0.2, 0.25) is 0 Å². The molecule has 1 amide bonds. The van der Waals surface area contributed by atoms with Gasteiger partial charge in [0.25, 0.3) is 5.91 Å². The number of hydrogen-bond acceptors (Lipinski definition) is 6. The molecule has 2 N–H and O–H groups in total. The molecule has 0 bridgehead atoms. The van der Waals surface area contributed by atoms with Crippen molar-refractivity contribution in [3.05, 3.63) is 29.9 Å². The molecular weight excluding hydrogens is 270 g/mol. The van der Waals surface area contributed by atoms with Gasteiger partial charge in [-0.3, -0.25) is 9.48 Å². The number of rotatable bonds is 5. The monoisotopic (exact) mass is 289 g/mol. The highest BCUT2D eigenvalue weighted by molar-refractivity contribution is 5.97. The van der Waals surface area contributed by atoms with Crippen LogP contribution in [0.2, 0.25) is 0 Å². The van der Waals surface area contributed by atoms with Crippen LogP contribution in [0.5, 0.6) is 0 Å². The van der Waals surface area contributed by atoms with E-state index in [1.807, 2.05) is 13.8 Å². The fourth-order valence-corrected chi connectivity index (χ4v) is 1.74. The molecule has 0 spiro atoms. The van der Waals surface area contributed by atoms with Gasteiger partial charge in [-0.15, -0.1) is 0 Å². The molecule has 8 heteroatoms. The molecule has 0 atom stereocenters. The number of amides is 1. The van der Waals surface area contributed by atoms with E-state index in [-0.39, 0.29) is 18.4 Å². The minimum absolute atomic E-state index is 0.153. The smallest absolute Gasteiger partial charge is 0.272 e. The summed E-state index contributed by atoms with van der Waals surface area (Å²) in [5, 5.41) is 9.79. The third-order valence-corrected chi connectivity index (χ3v) is 2.86. The van der Waals surface area contributed by atoms with E-state index in [0.29, 0.717) is 23.0 Å². The van der Waals surface area contributed by atoms with Crippen LogP contribution in [0.15, 0.2) is 12.5 Å². The van der Waals surface area contributed by atoms with E-state index < -0.39 is 0 Å². The second-order valence-corrected chi connectivity index (χ2v) is 4.91. The number of carbonyl (C=O) groups is 1. The molecule has 112 valence electrons. The first-order chi connectivity index (χ1) is 10.0. The molecule has 0 aromatic carbocycles. The molecule has 0 aliphatic heterocycles. The van der Waals surface area contributed by atoms with Crippen molar-refractivity contribution >= 4 is 11.6 Å². The molecular formula is C13H19N7O. The average molecular weight is 289 g/mol. The van der Waals surface area contributed by atoms with Crippen molar-refractivity contribution in [1.82, 2.24) is 30.0 Å². The number of hydrogen-bond donors (Lipinski definition) is 2. The highest BCUT2D eigenvalue weighted by atomic mass is 16.1. The fourth-order valence-electron chi connectivity index (χ4n) is 1.74. The van der Waals surface area contributed by atoms with Crippen molar-refractivity contribution in [2.24, 2.45) is 7.05 Å². The van der Waals surface area contributed by atoms with Crippen LogP contribution in [-0.4, -0.2) is 37.7 Å². The maximum absolute atomic E-state index is 12.3. The predicted octanol–water partition coefficient (Wildman–Crippen LogP) is 0.700. The van der Waals surface area contributed by atoms with Crippen LogP contribution in [-0.2, 0) is 13.6 Å². The highest BCUT2D eigenvalue weighted by Crippen LogP contribution is 2.15. The Morgan fingerprint density at radius 2 is 2.14 bits per heavy atom. The Kier molecular flexibility index (Phi) is 4.46. The molecule has 2 rings (SSSR count). The lowest BCUT2D eigenvalue weighted by atomic mass is 10.2. The van der Waals surface area contributed by atoms with Gasteiger partial charge in [0.1, 0.15) is 12.2 Å². The summed E-state index contributed by atoms with van der Waals surface area (Å²) in [6.45, 7) is 4.21. The van der Waals surface area contributed by atoms with Crippen LogP contribution in [0, 0.1) is 0 Å². The average Bonchev–Trinajstić information content (AvgIpc) is 2.89. The topological polar surface area (TPSA) is 97.6 Å².